The van der Waals surface area contributed by atoms with Crippen molar-refractivity contribution in [1.82, 2.24) is 0 Å². The van der Waals surface area contributed by atoms with Gasteiger partial charge in [-0.1, -0.05) is 12.1 Å². The minimum absolute atomic E-state index is 0.0717. The molecule has 0 amide bonds. The van der Waals surface area contributed by atoms with Crippen LogP contribution in [0.5, 0.6) is 0 Å². The van der Waals surface area contributed by atoms with Crippen molar-refractivity contribution in [2.75, 3.05) is 0 Å². The topological polar surface area (TPSA) is 54.4 Å². The monoisotopic (exact) mass is 210 g/mol. The normalized spacial score (nSPS) is 11.1. The van der Waals surface area contributed by atoms with Crippen molar-refractivity contribution in [3.05, 3.63) is 35.6 Å². The van der Waals surface area contributed by atoms with Gasteiger partial charge < -0.3 is 5.11 Å². The molecule has 0 heterocycles. The Morgan fingerprint density at radius 2 is 1.93 bits per heavy atom. The summed E-state index contributed by atoms with van der Waals surface area (Å²) in [5.74, 6) is -2.38. The van der Waals surface area contributed by atoms with Crippen LogP contribution in [0.1, 0.15) is 24.2 Å². The van der Waals surface area contributed by atoms with E-state index in [0.29, 0.717) is 0 Å². The molecule has 0 radical (unpaired) electrons. The molecule has 0 aliphatic carbocycles. The van der Waals surface area contributed by atoms with Crippen molar-refractivity contribution in [2.24, 2.45) is 5.41 Å². The van der Waals surface area contributed by atoms with Crippen LogP contribution < -0.4 is 0 Å². The molecule has 80 valence electrons. The fraction of sp³-hybridized carbons (Fsp3) is 0.273. The van der Waals surface area contributed by atoms with E-state index in [4.69, 9.17) is 5.11 Å². The van der Waals surface area contributed by atoms with Gasteiger partial charge in [0.05, 0.1) is 0 Å². The van der Waals surface area contributed by atoms with Gasteiger partial charge >= 0.3 is 5.97 Å². The molecule has 0 spiro atoms. The van der Waals surface area contributed by atoms with E-state index in [9.17, 15) is 14.0 Å². The minimum Gasteiger partial charge on any atom is -0.481 e. The highest BCUT2D eigenvalue weighted by Crippen LogP contribution is 2.22. The zero-order valence-corrected chi connectivity index (χ0v) is 8.45. The second kappa shape index (κ2) is 3.81. The summed E-state index contributed by atoms with van der Waals surface area (Å²) < 4.78 is 12.8. The number of rotatable bonds is 3. The highest BCUT2D eigenvalue weighted by molar-refractivity contribution is 6.11. The maximum absolute atomic E-state index is 12.8. The summed E-state index contributed by atoms with van der Waals surface area (Å²) >= 11 is 0. The second-order valence-electron chi connectivity index (χ2n) is 3.77. The van der Waals surface area contributed by atoms with Gasteiger partial charge in [0.1, 0.15) is 11.2 Å². The smallest absolute Gasteiger partial charge is 0.316 e. The van der Waals surface area contributed by atoms with Crippen molar-refractivity contribution < 1.29 is 19.1 Å². The van der Waals surface area contributed by atoms with Gasteiger partial charge in [-0.25, -0.2) is 4.39 Å². The van der Waals surface area contributed by atoms with E-state index in [1.165, 1.54) is 32.0 Å². The predicted molar refractivity (Wildman–Crippen MR) is 52.1 cm³/mol. The van der Waals surface area contributed by atoms with Crippen LogP contribution in [0.4, 0.5) is 4.39 Å². The molecule has 0 saturated heterocycles. The predicted octanol–water partition coefficient (Wildman–Crippen LogP) is 2.12. The first kappa shape index (κ1) is 11.4. The number of carboxylic acids is 1. The molecule has 1 rings (SSSR count). The van der Waals surface area contributed by atoms with Gasteiger partial charge in [0.15, 0.2) is 5.78 Å². The molecule has 4 heteroatoms. The van der Waals surface area contributed by atoms with E-state index in [1.54, 1.807) is 0 Å². The SMILES string of the molecule is CC(C)(C(=O)O)C(=O)c1cccc(F)c1. The molecule has 0 aromatic heterocycles. The first-order chi connectivity index (χ1) is 6.85. The van der Waals surface area contributed by atoms with Crippen LogP contribution in [0.2, 0.25) is 0 Å². The van der Waals surface area contributed by atoms with Gasteiger partial charge in [-0.3, -0.25) is 9.59 Å². The van der Waals surface area contributed by atoms with E-state index in [0.717, 1.165) is 6.07 Å². The number of halogens is 1. The summed E-state index contributed by atoms with van der Waals surface area (Å²) in [5.41, 5.74) is -1.46. The third-order valence-electron chi connectivity index (χ3n) is 2.19. The van der Waals surface area contributed by atoms with Crippen LogP contribution in [0.25, 0.3) is 0 Å². The summed E-state index contributed by atoms with van der Waals surface area (Å²) in [6.45, 7) is 2.59. The molecular weight excluding hydrogens is 199 g/mol. The molecule has 1 aromatic carbocycles. The number of hydrogen-bond acceptors (Lipinski definition) is 2. The van der Waals surface area contributed by atoms with Crippen LogP contribution >= 0.6 is 0 Å². The Hall–Kier alpha value is -1.71. The molecule has 0 aliphatic rings. The Bertz CT molecular complexity index is 410. The van der Waals surface area contributed by atoms with Crippen LogP contribution in [0.3, 0.4) is 0 Å². The first-order valence-corrected chi connectivity index (χ1v) is 4.39. The minimum atomic E-state index is -1.53. The molecular formula is C11H11FO3. The zero-order valence-electron chi connectivity index (χ0n) is 8.45. The Morgan fingerprint density at radius 3 is 2.40 bits per heavy atom. The molecule has 15 heavy (non-hydrogen) atoms. The molecule has 0 bridgehead atoms. The lowest BCUT2D eigenvalue weighted by Gasteiger charge is -2.17. The summed E-state index contributed by atoms with van der Waals surface area (Å²) in [7, 11) is 0. The van der Waals surface area contributed by atoms with E-state index in [-0.39, 0.29) is 5.56 Å². The Morgan fingerprint density at radius 1 is 1.33 bits per heavy atom. The highest BCUT2D eigenvalue weighted by atomic mass is 19.1. The zero-order chi connectivity index (χ0) is 11.6. The Labute approximate surface area is 86.5 Å². The van der Waals surface area contributed by atoms with Crippen molar-refractivity contribution in [2.45, 2.75) is 13.8 Å². The molecule has 1 N–H and O–H groups in total. The van der Waals surface area contributed by atoms with Gasteiger partial charge in [0, 0.05) is 5.56 Å². The number of carbonyl (C=O) groups excluding carboxylic acids is 1. The van der Waals surface area contributed by atoms with Crippen molar-refractivity contribution in [3.63, 3.8) is 0 Å². The van der Waals surface area contributed by atoms with E-state index in [1.807, 2.05) is 0 Å². The van der Waals surface area contributed by atoms with Gasteiger partial charge in [-0.05, 0) is 26.0 Å². The van der Waals surface area contributed by atoms with Crippen LogP contribution in [0, 0.1) is 11.2 Å². The first-order valence-electron chi connectivity index (χ1n) is 4.39. The number of carbonyl (C=O) groups is 2. The van der Waals surface area contributed by atoms with Crippen molar-refractivity contribution >= 4 is 11.8 Å². The molecule has 0 fully saturated rings. The summed E-state index contributed by atoms with van der Waals surface area (Å²) in [6.07, 6.45) is 0. The molecule has 3 nitrogen and oxygen atoms in total. The standard InChI is InChI=1S/C11H11FO3/c1-11(2,10(14)15)9(13)7-4-3-5-8(12)6-7/h3-6H,1-2H3,(H,14,15). The van der Waals surface area contributed by atoms with E-state index >= 15 is 0 Å². The van der Waals surface area contributed by atoms with Gasteiger partial charge in [0.25, 0.3) is 0 Å². The maximum Gasteiger partial charge on any atom is 0.316 e. The average Bonchev–Trinajstić information content (AvgIpc) is 2.16. The number of aliphatic carboxylic acids is 1. The molecule has 0 saturated carbocycles. The lowest BCUT2D eigenvalue weighted by atomic mass is 9.84. The molecule has 0 aliphatic heterocycles. The Kier molecular flexibility index (Phi) is 2.88. The van der Waals surface area contributed by atoms with E-state index < -0.39 is 23.0 Å². The Balaban J connectivity index is 3.10. The summed E-state index contributed by atoms with van der Waals surface area (Å²) in [5, 5.41) is 8.83. The maximum atomic E-state index is 12.8. The van der Waals surface area contributed by atoms with Gasteiger partial charge in [0.2, 0.25) is 0 Å². The molecule has 0 atom stereocenters. The summed E-state index contributed by atoms with van der Waals surface area (Å²) in [4.78, 5) is 22.5. The third kappa shape index (κ3) is 2.21. The van der Waals surface area contributed by atoms with E-state index in [2.05, 4.69) is 0 Å². The quantitative estimate of drug-likeness (QED) is 0.614. The van der Waals surface area contributed by atoms with Crippen LogP contribution in [0.15, 0.2) is 24.3 Å². The van der Waals surface area contributed by atoms with Crippen LogP contribution in [-0.2, 0) is 4.79 Å². The number of carboxylic acid groups (broad SMARTS) is 1. The number of hydrogen-bond donors (Lipinski definition) is 1. The second-order valence-corrected chi connectivity index (χ2v) is 3.77. The van der Waals surface area contributed by atoms with Crippen molar-refractivity contribution in [3.8, 4) is 0 Å². The molecule has 0 unspecified atom stereocenters. The fourth-order valence-electron chi connectivity index (χ4n) is 1.09. The highest BCUT2D eigenvalue weighted by Gasteiger charge is 2.36. The molecule has 1 aromatic rings. The number of benzene rings is 1. The fourth-order valence-corrected chi connectivity index (χ4v) is 1.09. The lowest BCUT2D eigenvalue weighted by molar-refractivity contribution is -0.144. The van der Waals surface area contributed by atoms with Gasteiger partial charge in [-0.15, -0.1) is 0 Å². The number of Topliss-reactive ketones (excluding diaryl/α,β-unsaturated/α-hetero) is 1. The largest absolute Gasteiger partial charge is 0.481 e. The lowest BCUT2D eigenvalue weighted by Crippen LogP contribution is -2.33. The summed E-state index contributed by atoms with van der Waals surface area (Å²) in [6, 6.07) is 5.01. The number of ketones is 1. The van der Waals surface area contributed by atoms with Crippen LogP contribution in [-0.4, -0.2) is 16.9 Å². The average molecular weight is 210 g/mol. The third-order valence-corrected chi connectivity index (χ3v) is 2.19. The van der Waals surface area contributed by atoms with Gasteiger partial charge in [-0.2, -0.15) is 0 Å². The van der Waals surface area contributed by atoms with Crippen molar-refractivity contribution in [1.29, 1.82) is 0 Å².